The third kappa shape index (κ3) is 6.57. The highest BCUT2D eigenvalue weighted by molar-refractivity contribution is 5.87. The lowest BCUT2D eigenvalue weighted by atomic mass is 10.0. The smallest absolute Gasteiger partial charge is 0.328 e. The Labute approximate surface area is 154 Å². The molecule has 0 saturated heterocycles. The number of esters is 1. The van der Waals surface area contributed by atoms with Gasteiger partial charge in [0.1, 0.15) is 6.04 Å². The van der Waals surface area contributed by atoms with Crippen LogP contribution in [-0.2, 0) is 27.2 Å². The lowest BCUT2D eigenvalue weighted by molar-refractivity contribution is -0.145. The zero-order valence-corrected chi connectivity index (χ0v) is 14.9. The highest BCUT2D eigenvalue weighted by Crippen LogP contribution is 2.06. The SMILES string of the molecule is COC(=O)C(Cc1ccccc1)NC(=O)[C@@H](N)Cc1ccccc1.Cl. The van der Waals surface area contributed by atoms with Gasteiger partial charge in [-0.1, -0.05) is 60.7 Å². The molecule has 0 aliphatic carbocycles. The van der Waals surface area contributed by atoms with Crippen LogP contribution in [0.25, 0.3) is 0 Å². The lowest BCUT2D eigenvalue weighted by Crippen LogP contribution is -2.50. The van der Waals surface area contributed by atoms with Crippen LogP contribution < -0.4 is 11.1 Å². The molecule has 3 N–H and O–H groups in total. The van der Waals surface area contributed by atoms with Crippen molar-refractivity contribution in [2.45, 2.75) is 24.9 Å². The van der Waals surface area contributed by atoms with Gasteiger partial charge in [0.2, 0.25) is 5.91 Å². The molecule has 0 aliphatic rings. The summed E-state index contributed by atoms with van der Waals surface area (Å²) < 4.78 is 4.79. The molecule has 2 aromatic carbocycles. The summed E-state index contributed by atoms with van der Waals surface area (Å²) in [4.78, 5) is 24.3. The number of amides is 1. The van der Waals surface area contributed by atoms with Crippen molar-refractivity contribution in [3.05, 3.63) is 71.8 Å². The second-order valence-electron chi connectivity index (χ2n) is 5.57. The van der Waals surface area contributed by atoms with E-state index in [9.17, 15) is 9.59 Å². The third-order valence-electron chi connectivity index (χ3n) is 3.72. The standard InChI is InChI=1S/C19H22N2O3.ClH/c1-24-19(23)17(13-15-10-6-3-7-11-15)21-18(22)16(20)12-14-8-4-2-5-9-14;/h2-11,16-17H,12-13,20H2,1H3,(H,21,22);1H/t16-,17?;/m0./s1. The van der Waals surface area contributed by atoms with E-state index in [2.05, 4.69) is 5.32 Å². The zero-order chi connectivity index (χ0) is 17.4. The van der Waals surface area contributed by atoms with Gasteiger partial charge in [-0.2, -0.15) is 0 Å². The summed E-state index contributed by atoms with van der Waals surface area (Å²) in [7, 11) is 1.30. The molecule has 134 valence electrons. The minimum Gasteiger partial charge on any atom is -0.467 e. The number of ether oxygens (including phenoxy) is 1. The van der Waals surface area contributed by atoms with Crippen LogP contribution in [0.2, 0.25) is 0 Å². The molecule has 25 heavy (non-hydrogen) atoms. The van der Waals surface area contributed by atoms with Crippen molar-refractivity contribution >= 4 is 24.3 Å². The summed E-state index contributed by atoms with van der Waals surface area (Å²) in [5.41, 5.74) is 7.87. The van der Waals surface area contributed by atoms with Crippen molar-refractivity contribution in [3.63, 3.8) is 0 Å². The average Bonchev–Trinajstić information content (AvgIpc) is 2.62. The number of methoxy groups -OCH3 is 1. The zero-order valence-electron chi connectivity index (χ0n) is 14.1. The Hall–Kier alpha value is -2.37. The monoisotopic (exact) mass is 362 g/mol. The van der Waals surface area contributed by atoms with E-state index < -0.39 is 18.1 Å². The maximum atomic E-state index is 12.3. The van der Waals surface area contributed by atoms with Crippen molar-refractivity contribution in [1.82, 2.24) is 5.32 Å². The Balaban J connectivity index is 0.00000312. The van der Waals surface area contributed by atoms with E-state index in [4.69, 9.17) is 10.5 Å². The Morgan fingerprint density at radius 2 is 1.44 bits per heavy atom. The van der Waals surface area contributed by atoms with Crippen molar-refractivity contribution in [3.8, 4) is 0 Å². The first kappa shape index (κ1) is 20.7. The first-order valence-corrected chi connectivity index (χ1v) is 7.81. The first-order chi connectivity index (χ1) is 11.6. The van der Waals surface area contributed by atoms with Crippen LogP contribution in [0.4, 0.5) is 0 Å². The number of benzene rings is 2. The highest BCUT2D eigenvalue weighted by Gasteiger charge is 2.24. The van der Waals surface area contributed by atoms with Gasteiger partial charge in [0.15, 0.2) is 0 Å². The van der Waals surface area contributed by atoms with Crippen LogP contribution in [0.15, 0.2) is 60.7 Å². The number of nitrogens with two attached hydrogens (primary N) is 1. The number of nitrogens with one attached hydrogen (secondary N) is 1. The van der Waals surface area contributed by atoms with Crippen LogP contribution in [0.5, 0.6) is 0 Å². The second kappa shape index (κ2) is 10.5. The van der Waals surface area contributed by atoms with E-state index in [0.717, 1.165) is 11.1 Å². The summed E-state index contributed by atoms with van der Waals surface area (Å²) in [5.74, 6) is -0.857. The molecule has 2 atom stereocenters. The molecule has 0 aliphatic heterocycles. The minimum absolute atomic E-state index is 0. The van der Waals surface area contributed by atoms with Crippen molar-refractivity contribution in [2.75, 3.05) is 7.11 Å². The Morgan fingerprint density at radius 1 is 0.960 bits per heavy atom. The molecule has 0 bridgehead atoms. The molecule has 2 aromatic rings. The fraction of sp³-hybridized carbons (Fsp3) is 0.263. The van der Waals surface area contributed by atoms with Gasteiger partial charge in [-0.3, -0.25) is 4.79 Å². The van der Waals surface area contributed by atoms with E-state index in [1.54, 1.807) is 0 Å². The van der Waals surface area contributed by atoms with Crippen molar-refractivity contribution in [1.29, 1.82) is 0 Å². The Bertz CT molecular complexity index is 665. The number of carbonyl (C=O) groups excluding carboxylic acids is 2. The normalized spacial score (nSPS) is 12.4. The van der Waals surface area contributed by atoms with Gasteiger partial charge in [-0.05, 0) is 17.5 Å². The summed E-state index contributed by atoms with van der Waals surface area (Å²) in [5, 5.41) is 2.70. The summed E-state index contributed by atoms with van der Waals surface area (Å²) >= 11 is 0. The molecular formula is C19H23ClN2O3. The quantitative estimate of drug-likeness (QED) is 0.737. The van der Waals surface area contributed by atoms with Gasteiger partial charge in [0.05, 0.1) is 13.2 Å². The van der Waals surface area contributed by atoms with Crippen molar-refractivity contribution in [2.24, 2.45) is 5.73 Å². The molecule has 2 rings (SSSR count). The summed E-state index contributed by atoms with van der Waals surface area (Å²) in [6.07, 6.45) is 0.767. The number of halogens is 1. The van der Waals surface area contributed by atoms with Crippen molar-refractivity contribution < 1.29 is 14.3 Å². The molecule has 6 heteroatoms. The number of rotatable bonds is 7. The largest absolute Gasteiger partial charge is 0.467 e. The Kier molecular flexibility index (Phi) is 8.67. The van der Waals surface area contributed by atoms with E-state index in [0.29, 0.717) is 12.8 Å². The molecule has 1 unspecified atom stereocenters. The van der Waals surface area contributed by atoms with E-state index >= 15 is 0 Å². The van der Waals surface area contributed by atoms with Gasteiger partial charge in [0, 0.05) is 6.42 Å². The third-order valence-corrected chi connectivity index (χ3v) is 3.72. The van der Waals surface area contributed by atoms with Crippen LogP contribution in [0.3, 0.4) is 0 Å². The predicted molar refractivity (Wildman–Crippen MR) is 99.5 cm³/mol. The van der Waals surface area contributed by atoms with Gasteiger partial charge >= 0.3 is 5.97 Å². The maximum absolute atomic E-state index is 12.3. The highest BCUT2D eigenvalue weighted by atomic mass is 35.5. The molecule has 1 amide bonds. The van der Waals surface area contributed by atoms with Crippen LogP contribution in [0, 0.1) is 0 Å². The molecule has 0 spiro atoms. The molecule has 0 aromatic heterocycles. The summed E-state index contributed by atoms with van der Waals surface area (Å²) in [6.45, 7) is 0. The fourth-order valence-electron chi connectivity index (χ4n) is 2.42. The lowest BCUT2D eigenvalue weighted by Gasteiger charge is -2.19. The fourth-order valence-corrected chi connectivity index (χ4v) is 2.42. The van der Waals surface area contributed by atoms with Crippen LogP contribution in [0.1, 0.15) is 11.1 Å². The Morgan fingerprint density at radius 3 is 1.92 bits per heavy atom. The van der Waals surface area contributed by atoms with Gasteiger partial charge in [0.25, 0.3) is 0 Å². The first-order valence-electron chi connectivity index (χ1n) is 7.81. The van der Waals surface area contributed by atoms with Gasteiger partial charge in [-0.15, -0.1) is 12.4 Å². The second-order valence-corrected chi connectivity index (χ2v) is 5.57. The topological polar surface area (TPSA) is 81.4 Å². The number of carbonyl (C=O) groups is 2. The summed E-state index contributed by atoms with van der Waals surface area (Å²) in [6, 6.07) is 17.5. The van der Waals surface area contributed by atoms with Crippen LogP contribution in [-0.4, -0.2) is 31.1 Å². The van der Waals surface area contributed by atoms with E-state index in [-0.39, 0.29) is 18.3 Å². The predicted octanol–water partition coefficient (Wildman–Crippen LogP) is 1.88. The molecule has 0 saturated carbocycles. The molecule has 0 radical (unpaired) electrons. The van der Waals surface area contributed by atoms with E-state index in [1.165, 1.54) is 7.11 Å². The number of hydrogen-bond donors (Lipinski definition) is 2. The number of hydrogen-bond acceptors (Lipinski definition) is 4. The minimum atomic E-state index is -0.758. The van der Waals surface area contributed by atoms with Gasteiger partial charge < -0.3 is 15.8 Å². The van der Waals surface area contributed by atoms with E-state index in [1.807, 2.05) is 60.7 Å². The maximum Gasteiger partial charge on any atom is 0.328 e. The molecule has 5 nitrogen and oxygen atoms in total. The van der Waals surface area contributed by atoms with Gasteiger partial charge in [-0.25, -0.2) is 4.79 Å². The molecule has 0 fully saturated rings. The van der Waals surface area contributed by atoms with Crippen LogP contribution >= 0.6 is 12.4 Å². The molecular weight excluding hydrogens is 340 g/mol. The average molecular weight is 363 g/mol. The molecule has 0 heterocycles.